The summed E-state index contributed by atoms with van der Waals surface area (Å²) in [5, 5.41) is 14.8. The highest BCUT2D eigenvalue weighted by Crippen LogP contribution is 2.09. The number of nitrogens with one attached hydrogen (secondary N) is 2. The molecule has 122 valence electrons. The van der Waals surface area contributed by atoms with Gasteiger partial charge in [0.15, 0.2) is 5.96 Å². The van der Waals surface area contributed by atoms with Gasteiger partial charge in [-0.25, -0.2) is 4.39 Å². The normalized spacial score (nSPS) is 11.4. The summed E-state index contributed by atoms with van der Waals surface area (Å²) in [6.45, 7) is 4.75. The number of guanidine groups is 1. The summed E-state index contributed by atoms with van der Waals surface area (Å²) in [6, 6.07) is 6.31. The molecule has 22 heavy (non-hydrogen) atoms. The number of nitriles is 1. The Hall–Kier alpha value is -1.40. The maximum Gasteiger partial charge on any atom is 0.191 e. The lowest BCUT2D eigenvalue weighted by Crippen LogP contribution is -2.45. The average molecular weight is 420 g/mol. The van der Waals surface area contributed by atoms with Gasteiger partial charge in [0.25, 0.3) is 0 Å². The van der Waals surface area contributed by atoms with Crippen LogP contribution < -0.4 is 10.6 Å². The van der Waals surface area contributed by atoms with E-state index in [0.29, 0.717) is 23.6 Å². The Bertz CT molecular complexity index is 555. The standard InChI is InChI=1S/C15H21FN4O.HI/c1-15(2,21-4)10-20-14(18-3)19-9-12-6-5-11(8-17)7-13(12)16;/h5-7H,9-10H2,1-4H3,(H2,18,19,20);1H. The summed E-state index contributed by atoms with van der Waals surface area (Å²) in [4.78, 5) is 4.07. The van der Waals surface area contributed by atoms with Gasteiger partial charge in [-0.05, 0) is 26.0 Å². The highest BCUT2D eigenvalue weighted by Gasteiger charge is 2.16. The molecule has 0 unspecified atom stereocenters. The molecule has 0 saturated carbocycles. The van der Waals surface area contributed by atoms with Crippen molar-refractivity contribution in [3.8, 4) is 6.07 Å². The van der Waals surface area contributed by atoms with Crippen LogP contribution in [0.4, 0.5) is 4.39 Å². The smallest absolute Gasteiger partial charge is 0.191 e. The number of benzene rings is 1. The van der Waals surface area contributed by atoms with Crippen molar-refractivity contribution in [2.24, 2.45) is 4.99 Å². The Morgan fingerprint density at radius 2 is 2.09 bits per heavy atom. The van der Waals surface area contributed by atoms with Gasteiger partial charge in [-0.3, -0.25) is 4.99 Å². The second-order valence-electron chi connectivity index (χ2n) is 5.16. The number of nitrogens with zero attached hydrogens (tertiary/aromatic N) is 2. The third-order valence-electron chi connectivity index (χ3n) is 3.09. The second kappa shape index (κ2) is 9.58. The Kier molecular flexibility index (Phi) is 8.97. The molecule has 1 aromatic rings. The second-order valence-corrected chi connectivity index (χ2v) is 5.16. The van der Waals surface area contributed by atoms with Crippen LogP contribution >= 0.6 is 24.0 Å². The van der Waals surface area contributed by atoms with Crippen molar-refractivity contribution in [1.82, 2.24) is 10.6 Å². The minimum atomic E-state index is -0.408. The zero-order valence-corrected chi connectivity index (χ0v) is 15.6. The molecule has 0 fully saturated rings. The minimum absolute atomic E-state index is 0. The summed E-state index contributed by atoms with van der Waals surface area (Å²) in [5.74, 6) is 0.151. The van der Waals surface area contributed by atoms with Gasteiger partial charge >= 0.3 is 0 Å². The zero-order chi connectivity index (χ0) is 15.9. The Labute approximate surface area is 148 Å². The molecule has 0 atom stereocenters. The van der Waals surface area contributed by atoms with Crippen LogP contribution in [0.5, 0.6) is 0 Å². The third-order valence-corrected chi connectivity index (χ3v) is 3.09. The molecule has 0 saturated heterocycles. The molecule has 0 amide bonds. The highest BCUT2D eigenvalue weighted by atomic mass is 127. The van der Waals surface area contributed by atoms with E-state index in [9.17, 15) is 4.39 Å². The third kappa shape index (κ3) is 6.58. The van der Waals surface area contributed by atoms with Crippen molar-refractivity contribution in [2.75, 3.05) is 20.7 Å². The molecule has 1 rings (SSSR count). The van der Waals surface area contributed by atoms with Crippen LogP contribution in [0.15, 0.2) is 23.2 Å². The van der Waals surface area contributed by atoms with E-state index >= 15 is 0 Å². The number of aliphatic imine (C=N–C) groups is 1. The van der Waals surface area contributed by atoms with E-state index in [1.807, 2.05) is 19.9 Å². The van der Waals surface area contributed by atoms with E-state index in [4.69, 9.17) is 10.00 Å². The molecule has 1 aromatic carbocycles. The predicted molar refractivity (Wildman–Crippen MR) is 95.8 cm³/mol. The van der Waals surface area contributed by atoms with Crippen LogP contribution in [-0.4, -0.2) is 32.3 Å². The maximum absolute atomic E-state index is 13.7. The van der Waals surface area contributed by atoms with E-state index in [0.717, 1.165) is 0 Å². The first kappa shape index (κ1) is 20.6. The Morgan fingerprint density at radius 1 is 1.41 bits per heavy atom. The highest BCUT2D eigenvalue weighted by molar-refractivity contribution is 14.0. The molecular weight excluding hydrogens is 398 g/mol. The van der Waals surface area contributed by atoms with Gasteiger partial charge in [0.05, 0.1) is 17.2 Å². The predicted octanol–water partition coefficient (Wildman–Crippen LogP) is 2.41. The fourth-order valence-corrected chi connectivity index (χ4v) is 1.53. The first-order chi connectivity index (χ1) is 9.91. The van der Waals surface area contributed by atoms with Crippen LogP contribution in [-0.2, 0) is 11.3 Å². The summed E-state index contributed by atoms with van der Waals surface area (Å²) >= 11 is 0. The van der Waals surface area contributed by atoms with E-state index in [1.165, 1.54) is 6.07 Å². The van der Waals surface area contributed by atoms with Gasteiger partial charge in [-0.15, -0.1) is 24.0 Å². The monoisotopic (exact) mass is 420 g/mol. The maximum atomic E-state index is 13.7. The Balaban J connectivity index is 0.00000441. The van der Waals surface area contributed by atoms with Gasteiger partial charge in [0.1, 0.15) is 5.82 Å². The number of methoxy groups -OCH3 is 1. The van der Waals surface area contributed by atoms with Crippen molar-refractivity contribution in [2.45, 2.75) is 26.0 Å². The first-order valence-electron chi connectivity index (χ1n) is 6.60. The quantitative estimate of drug-likeness (QED) is 0.436. The van der Waals surface area contributed by atoms with Crippen molar-refractivity contribution < 1.29 is 9.13 Å². The summed E-state index contributed by atoms with van der Waals surface area (Å²) in [5.41, 5.74) is 0.459. The van der Waals surface area contributed by atoms with Crippen molar-refractivity contribution >= 4 is 29.9 Å². The van der Waals surface area contributed by atoms with E-state index in [2.05, 4.69) is 15.6 Å². The van der Waals surface area contributed by atoms with Crippen LogP contribution in [0, 0.1) is 17.1 Å². The zero-order valence-electron chi connectivity index (χ0n) is 13.2. The molecule has 0 radical (unpaired) electrons. The van der Waals surface area contributed by atoms with E-state index in [1.54, 1.807) is 26.3 Å². The van der Waals surface area contributed by atoms with Gasteiger partial charge in [-0.1, -0.05) is 6.07 Å². The lowest BCUT2D eigenvalue weighted by molar-refractivity contribution is 0.0268. The molecule has 0 heterocycles. The molecular formula is C15H22FIN4O. The van der Waals surface area contributed by atoms with Gasteiger partial charge in [0, 0.05) is 32.8 Å². The fraction of sp³-hybridized carbons (Fsp3) is 0.467. The summed E-state index contributed by atoms with van der Waals surface area (Å²) in [6.07, 6.45) is 0. The molecule has 5 nitrogen and oxygen atoms in total. The largest absolute Gasteiger partial charge is 0.377 e. The molecule has 0 bridgehead atoms. The SMILES string of the molecule is CN=C(NCc1ccc(C#N)cc1F)NCC(C)(C)OC.I. The molecule has 0 aliphatic carbocycles. The van der Waals surface area contributed by atoms with E-state index < -0.39 is 5.82 Å². The lowest BCUT2D eigenvalue weighted by Gasteiger charge is -2.24. The molecule has 0 aliphatic heterocycles. The Morgan fingerprint density at radius 3 is 2.59 bits per heavy atom. The van der Waals surface area contributed by atoms with Crippen LogP contribution in [0.2, 0.25) is 0 Å². The minimum Gasteiger partial charge on any atom is -0.377 e. The van der Waals surface area contributed by atoms with Gasteiger partial charge in [0.2, 0.25) is 0 Å². The summed E-state index contributed by atoms with van der Waals surface area (Å²) < 4.78 is 19.1. The lowest BCUT2D eigenvalue weighted by atomic mass is 10.1. The summed E-state index contributed by atoms with van der Waals surface area (Å²) in [7, 11) is 3.29. The van der Waals surface area contributed by atoms with Gasteiger partial charge in [-0.2, -0.15) is 5.26 Å². The van der Waals surface area contributed by atoms with Gasteiger partial charge < -0.3 is 15.4 Å². The van der Waals surface area contributed by atoms with Crippen molar-refractivity contribution in [3.05, 3.63) is 35.1 Å². The van der Waals surface area contributed by atoms with Crippen LogP contribution in [0.25, 0.3) is 0 Å². The number of halogens is 2. The number of rotatable bonds is 5. The molecule has 2 N–H and O–H groups in total. The van der Waals surface area contributed by atoms with Crippen LogP contribution in [0.1, 0.15) is 25.0 Å². The molecule has 0 aromatic heterocycles. The average Bonchev–Trinajstić information content (AvgIpc) is 2.48. The van der Waals surface area contributed by atoms with Crippen molar-refractivity contribution in [1.29, 1.82) is 5.26 Å². The topological polar surface area (TPSA) is 69.4 Å². The molecule has 7 heteroatoms. The first-order valence-corrected chi connectivity index (χ1v) is 6.60. The number of hydrogen-bond donors (Lipinski definition) is 2. The number of hydrogen-bond acceptors (Lipinski definition) is 3. The molecule has 0 aliphatic rings. The van der Waals surface area contributed by atoms with Crippen LogP contribution in [0.3, 0.4) is 0 Å². The molecule has 0 spiro atoms. The van der Waals surface area contributed by atoms with Crippen molar-refractivity contribution in [3.63, 3.8) is 0 Å². The fourth-order valence-electron chi connectivity index (χ4n) is 1.53. The number of ether oxygens (including phenoxy) is 1. The van der Waals surface area contributed by atoms with E-state index in [-0.39, 0.29) is 36.1 Å².